The Labute approximate surface area is 182 Å². The van der Waals surface area contributed by atoms with E-state index in [1.54, 1.807) is 30.8 Å². The minimum absolute atomic E-state index is 0.0874. The van der Waals surface area contributed by atoms with Gasteiger partial charge in [-0.05, 0) is 51.8 Å². The SMILES string of the molecule is Cc1c(-[n+]2noc([NH-])c2-c2cc(Br)cc(Br)c2O)c(=O)n(-c2ccccc2)n1C. The molecule has 0 amide bonds. The summed E-state index contributed by atoms with van der Waals surface area (Å²) >= 11 is 6.67. The van der Waals surface area contributed by atoms with Gasteiger partial charge in [0.05, 0.1) is 15.7 Å². The summed E-state index contributed by atoms with van der Waals surface area (Å²) in [6.45, 7) is 1.78. The quantitative estimate of drug-likeness (QED) is 0.406. The molecular formula is C19H15Br2N5O3. The molecule has 0 fully saturated rings. The minimum Gasteiger partial charge on any atom is -0.660 e. The first-order valence-corrected chi connectivity index (χ1v) is 10.1. The lowest BCUT2D eigenvalue weighted by Crippen LogP contribution is -2.40. The van der Waals surface area contributed by atoms with Crippen molar-refractivity contribution in [3.05, 3.63) is 73.2 Å². The van der Waals surface area contributed by atoms with Crippen molar-refractivity contribution in [2.24, 2.45) is 7.05 Å². The fourth-order valence-corrected chi connectivity index (χ4v) is 4.42. The zero-order chi connectivity index (χ0) is 20.9. The molecule has 0 saturated carbocycles. The van der Waals surface area contributed by atoms with E-state index in [0.717, 1.165) is 0 Å². The van der Waals surface area contributed by atoms with Crippen LogP contribution in [-0.2, 0) is 7.05 Å². The van der Waals surface area contributed by atoms with Crippen LogP contribution in [-0.4, -0.2) is 19.7 Å². The van der Waals surface area contributed by atoms with Gasteiger partial charge in [-0.15, -0.1) is 0 Å². The van der Waals surface area contributed by atoms with E-state index < -0.39 is 0 Å². The van der Waals surface area contributed by atoms with Gasteiger partial charge < -0.3 is 15.4 Å². The van der Waals surface area contributed by atoms with E-state index in [0.29, 0.717) is 25.9 Å². The van der Waals surface area contributed by atoms with E-state index in [1.165, 1.54) is 9.36 Å². The topological polar surface area (TPSA) is 101 Å². The van der Waals surface area contributed by atoms with Crippen molar-refractivity contribution in [1.29, 1.82) is 0 Å². The van der Waals surface area contributed by atoms with E-state index in [9.17, 15) is 9.90 Å². The fraction of sp³-hybridized carbons (Fsp3) is 0.105. The lowest BCUT2D eigenvalue weighted by atomic mass is 10.1. The van der Waals surface area contributed by atoms with E-state index in [4.69, 9.17) is 10.3 Å². The molecule has 0 bridgehead atoms. The Morgan fingerprint density at radius 2 is 1.90 bits per heavy atom. The third-order valence-corrected chi connectivity index (χ3v) is 5.72. The highest BCUT2D eigenvalue weighted by molar-refractivity contribution is 9.11. The fourth-order valence-electron chi connectivity index (χ4n) is 3.20. The maximum atomic E-state index is 13.3. The molecule has 0 aliphatic rings. The van der Waals surface area contributed by atoms with Crippen LogP contribution in [0, 0.1) is 6.92 Å². The van der Waals surface area contributed by atoms with Crippen molar-refractivity contribution in [3.8, 4) is 28.4 Å². The summed E-state index contributed by atoms with van der Waals surface area (Å²) in [5, 5.41) is 14.5. The van der Waals surface area contributed by atoms with Crippen molar-refractivity contribution >= 4 is 37.7 Å². The number of aromatic nitrogens is 4. The zero-order valence-corrected chi connectivity index (χ0v) is 18.5. The average molecular weight is 521 g/mol. The zero-order valence-electron chi connectivity index (χ0n) is 15.3. The lowest BCUT2D eigenvalue weighted by molar-refractivity contribution is -0.661. The normalized spacial score (nSPS) is 11.2. The number of rotatable bonds is 3. The maximum absolute atomic E-state index is 13.3. The molecular weight excluding hydrogens is 506 g/mol. The first kappa shape index (κ1) is 19.5. The number of hydrogen-bond acceptors (Lipinski definition) is 4. The van der Waals surface area contributed by atoms with Crippen LogP contribution in [0.3, 0.4) is 0 Å². The standard InChI is InChI=1S/C19H14Br2N5O3/c1-10-15(19(28)26(24(10)2)12-6-4-3-5-7-12)25-16(18(22)29-23-25)13-8-11(20)9-14(21)17(13)27/h3-9,22H,1-2H3/q-1/p+1. The molecule has 0 spiro atoms. The average Bonchev–Trinajstić information content (AvgIpc) is 3.16. The van der Waals surface area contributed by atoms with Gasteiger partial charge in [0.15, 0.2) is 0 Å². The summed E-state index contributed by atoms with van der Waals surface area (Å²) in [6.07, 6.45) is 0. The summed E-state index contributed by atoms with van der Waals surface area (Å²) < 4.78 is 10.7. The summed E-state index contributed by atoms with van der Waals surface area (Å²) in [5.74, 6) is -0.366. The second kappa shape index (κ2) is 7.20. The third-order valence-electron chi connectivity index (χ3n) is 4.66. The molecule has 0 saturated heterocycles. The van der Waals surface area contributed by atoms with E-state index in [1.807, 2.05) is 30.3 Å². The van der Waals surface area contributed by atoms with Gasteiger partial charge in [0.2, 0.25) is 5.27 Å². The highest BCUT2D eigenvalue weighted by Gasteiger charge is 2.34. The number of para-hydroxylation sites is 1. The third kappa shape index (κ3) is 3.08. The molecule has 0 radical (unpaired) electrons. The number of phenols is 1. The number of aromatic hydroxyl groups is 1. The molecule has 2 aromatic carbocycles. The van der Waals surface area contributed by atoms with Crippen LogP contribution < -0.4 is 10.2 Å². The molecule has 2 heterocycles. The second-order valence-electron chi connectivity index (χ2n) is 6.36. The lowest BCUT2D eigenvalue weighted by Gasteiger charge is -2.06. The number of nitrogens with one attached hydrogen (secondary N) is 1. The van der Waals surface area contributed by atoms with Gasteiger partial charge in [0.25, 0.3) is 5.69 Å². The van der Waals surface area contributed by atoms with Gasteiger partial charge >= 0.3 is 11.2 Å². The van der Waals surface area contributed by atoms with Gasteiger partial charge in [-0.2, -0.15) is 0 Å². The van der Waals surface area contributed by atoms with Gasteiger partial charge in [-0.3, -0.25) is 9.48 Å². The van der Waals surface area contributed by atoms with Gasteiger partial charge in [0.1, 0.15) is 17.3 Å². The second-order valence-corrected chi connectivity index (χ2v) is 8.13. The molecule has 29 heavy (non-hydrogen) atoms. The number of phenolic OH excluding ortho intramolecular Hbond substituents is 1. The van der Waals surface area contributed by atoms with Crippen LogP contribution in [0.5, 0.6) is 5.75 Å². The van der Waals surface area contributed by atoms with E-state index >= 15 is 0 Å². The Morgan fingerprint density at radius 1 is 1.21 bits per heavy atom. The van der Waals surface area contributed by atoms with Gasteiger partial charge in [0, 0.05) is 11.5 Å². The number of hydrogen-bond donors (Lipinski definition) is 1. The molecule has 0 unspecified atom stereocenters. The molecule has 8 nitrogen and oxygen atoms in total. The number of halogens is 2. The van der Waals surface area contributed by atoms with Crippen LogP contribution in [0.1, 0.15) is 5.69 Å². The van der Waals surface area contributed by atoms with Crippen LogP contribution in [0.2, 0.25) is 0 Å². The molecule has 0 aliphatic carbocycles. The van der Waals surface area contributed by atoms with Crippen molar-refractivity contribution in [2.45, 2.75) is 6.92 Å². The molecule has 2 aromatic heterocycles. The van der Waals surface area contributed by atoms with Crippen molar-refractivity contribution in [3.63, 3.8) is 0 Å². The molecule has 0 aliphatic heterocycles. The molecule has 10 heteroatoms. The summed E-state index contributed by atoms with van der Waals surface area (Å²) in [7, 11) is 1.77. The Hall–Kier alpha value is -2.85. The summed E-state index contributed by atoms with van der Waals surface area (Å²) in [5.41, 5.74) is 9.84. The molecule has 4 rings (SSSR count). The van der Waals surface area contributed by atoms with Crippen LogP contribution in [0.25, 0.3) is 28.4 Å². The van der Waals surface area contributed by atoms with Gasteiger partial charge in [-0.25, -0.2) is 4.68 Å². The van der Waals surface area contributed by atoms with Crippen molar-refractivity contribution < 1.29 is 14.3 Å². The smallest absolute Gasteiger partial charge is 0.346 e. The number of nitrogens with zero attached hydrogens (tertiary/aromatic N) is 4. The van der Waals surface area contributed by atoms with Crippen LogP contribution in [0.4, 0.5) is 5.88 Å². The highest BCUT2D eigenvalue weighted by atomic mass is 79.9. The predicted octanol–water partition coefficient (Wildman–Crippen LogP) is 4.33. The maximum Gasteiger partial charge on any atom is 0.346 e. The number of benzene rings is 2. The Bertz CT molecular complexity index is 1290. The predicted molar refractivity (Wildman–Crippen MR) is 114 cm³/mol. The van der Waals surface area contributed by atoms with Gasteiger partial charge in [-0.1, -0.05) is 34.1 Å². The van der Waals surface area contributed by atoms with Crippen LogP contribution in [0.15, 0.2) is 60.7 Å². The summed E-state index contributed by atoms with van der Waals surface area (Å²) in [4.78, 5) is 13.3. The molecule has 2 N–H and O–H groups in total. The van der Waals surface area contributed by atoms with E-state index in [-0.39, 0.29) is 28.6 Å². The molecule has 148 valence electrons. The van der Waals surface area contributed by atoms with E-state index in [2.05, 4.69) is 37.1 Å². The Balaban J connectivity index is 2.02. The Kier molecular flexibility index (Phi) is 4.83. The first-order chi connectivity index (χ1) is 13.8. The molecule has 4 aromatic rings. The van der Waals surface area contributed by atoms with Crippen molar-refractivity contribution in [2.75, 3.05) is 0 Å². The molecule has 0 atom stereocenters. The first-order valence-electron chi connectivity index (χ1n) is 8.47. The monoisotopic (exact) mass is 519 g/mol. The highest BCUT2D eigenvalue weighted by Crippen LogP contribution is 2.40. The largest absolute Gasteiger partial charge is 0.660 e. The van der Waals surface area contributed by atoms with Crippen LogP contribution >= 0.6 is 31.9 Å². The Morgan fingerprint density at radius 3 is 2.59 bits per heavy atom. The summed E-state index contributed by atoms with van der Waals surface area (Å²) in [6, 6.07) is 12.5. The minimum atomic E-state index is -0.329. The van der Waals surface area contributed by atoms with Crippen molar-refractivity contribution in [1.82, 2.24) is 14.6 Å².